The van der Waals surface area contributed by atoms with Crippen LogP contribution in [-0.4, -0.2) is 40.4 Å². The van der Waals surface area contributed by atoms with Crippen molar-refractivity contribution < 1.29 is 4.39 Å². The van der Waals surface area contributed by atoms with Crippen LogP contribution in [-0.2, 0) is 0 Å². The van der Waals surface area contributed by atoms with Crippen molar-refractivity contribution in [3.63, 3.8) is 0 Å². The standard InChI is InChI=1S/C19H19FN6S/c20-15-2-1-5-26(11-15)17-4-3-12(9-23-17)19-25-18-16(27-19)6-13(10-24-18)14(7-21)8-22/h3-4,6-10,15,21H,1-2,5,11,22H2/t15-/m1/s1. The van der Waals surface area contributed by atoms with Gasteiger partial charge in [-0.2, -0.15) is 0 Å². The van der Waals surface area contributed by atoms with E-state index in [0.717, 1.165) is 39.6 Å². The lowest BCUT2D eigenvalue weighted by Gasteiger charge is -2.29. The molecule has 6 nitrogen and oxygen atoms in total. The van der Waals surface area contributed by atoms with E-state index in [1.165, 1.54) is 23.8 Å². The summed E-state index contributed by atoms with van der Waals surface area (Å²) < 4.78 is 14.5. The van der Waals surface area contributed by atoms with Gasteiger partial charge in [0, 0.05) is 48.1 Å². The molecule has 3 aromatic rings. The fourth-order valence-electron chi connectivity index (χ4n) is 3.16. The molecule has 4 rings (SSSR count). The molecule has 0 saturated carbocycles. The van der Waals surface area contributed by atoms with Crippen LogP contribution in [0.2, 0.25) is 0 Å². The van der Waals surface area contributed by atoms with Gasteiger partial charge in [-0.15, -0.1) is 11.3 Å². The number of piperidine rings is 1. The van der Waals surface area contributed by atoms with Crippen molar-refractivity contribution in [1.82, 2.24) is 15.0 Å². The smallest absolute Gasteiger partial charge is 0.170 e. The quantitative estimate of drug-likeness (QED) is 0.672. The second-order valence-electron chi connectivity index (χ2n) is 6.42. The minimum atomic E-state index is -0.779. The van der Waals surface area contributed by atoms with Crippen LogP contribution in [0.4, 0.5) is 10.2 Å². The van der Waals surface area contributed by atoms with Gasteiger partial charge < -0.3 is 16.0 Å². The molecular weight excluding hydrogens is 363 g/mol. The number of nitrogens with zero attached hydrogens (tertiary/aromatic N) is 4. The molecule has 1 aliphatic rings. The highest BCUT2D eigenvalue weighted by atomic mass is 32.1. The Kier molecular flexibility index (Phi) is 4.81. The number of aromatic nitrogens is 3. The van der Waals surface area contributed by atoms with Gasteiger partial charge in [0.25, 0.3) is 0 Å². The molecule has 1 aliphatic heterocycles. The molecule has 138 valence electrons. The second kappa shape index (κ2) is 7.40. The summed E-state index contributed by atoms with van der Waals surface area (Å²) in [5.41, 5.74) is 8.50. The summed E-state index contributed by atoms with van der Waals surface area (Å²) in [4.78, 5) is 15.4. The molecule has 0 bridgehead atoms. The van der Waals surface area contributed by atoms with E-state index in [2.05, 4.69) is 15.0 Å². The van der Waals surface area contributed by atoms with Gasteiger partial charge in [0.1, 0.15) is 17.0 Å². The van der Waals surface area contributed by atoms with Crippen molar-refractivity contribution in [1.29, 1.82) is 5.41 Å². The van der Waals surface area contributed by atoms with Gasteiger partial charge in [0.15, 0.2) is 5.65 Å². The van der Waals surface area contributed by atoms with Crippen LogP contribution in [0.3, 0.4) is 0 Å². The molecule has 1 fully saturated rings. The Morgan fingerprint density at radius 3 is 2.93 bits per heavy atom. The summed E-state index contributed by atoms with van der Waals surface area (Å²) in [6, 6.07) is 5.82. The molecule has 0 radical (unpaired) electrons. The third-order valence-electron chi connectivity index (χ3n) is 4.60. The van der Waals surface area contributed by atoms with Gasteiger partial charge in [-0.25, -0.2) is 19.3 Å². The van der Waals surface area contributed by atoms with Gasteiger partial charge in [0.05, 0.1) is 11.2 Å². The minimum absolute atomic E-state index is 0.407. The molecule has 0 spiro atoms. The number of nitrogens with two attached hydrogens (primary N) is 1. The van der Waals surface area contributed by atoms with Gasteiger partial charge in [0.2, 0.25) is 0 Å². The molecule has 0 aliphatic carbocycles. The number of allylic oxidation sites excluding steroid dienone is 1. The molecule has 0 amide bonds. The zero-order valence-electron chi connectivity index (χ0n) is 14.6. The number of pyridine rings is 2. The van der Waals surface area contributed by atoms with Crippen molar-refractivity contribution in [2.75, 3.05) is 18.0 Å². The molecule has 3 N–H and O–H groups in total. The van der Waals surface area contributed by atoms with Crippen molar-refractivity contribution in [2.45, 2.75) is 19.0 Å². The average Bonchev–Trinajstić information content (AvgIpc) is 3.13. The molecule has 4 heterocycles. The zero-order chi connectivity index (χ0) is 18.8. The summed E-state index contributed by atoms with van der Waals surface area (Å²) in [6.07, 6.45) is 6.75. The number of hydrogen-bond acceptors (Lipinski definition) is 7. The van der Waals surface area contributed by atoms with Gasteiger partial charge in [-0.3, -0.25) is 0 Å². The first kappa shape index (κ1) is 17.5. The molecule has 3 aromatic heterocycles. The van der Waals surface area contributed by atoms with Crippen LogP contribution < -0.4 is 10.6 Å². The van der Waals surface area contributed by atoms with E-state index < -0.39 is 6.17 Å². The van der Waals surface area contributed by atoms with E-state index in [0.29, 0.717) is 24.2 Å². The fraction of sp³-hybridized carbons (Fsp3) is 0.263. The maximum absolute atomic E-state index is 13.6. The lowest BCUT2D eigenvalue weighted by atomic mass is 10.1. The third kappa shape index (κ3) is 3.52. The number of fused-ring (bicyclic) bond motifs is 1. The highest BCUT2D eigenvalue weighted by Crippen LogP contribution is 2.31. The van der Waals surface area contributed by atoms with Crippen molar-refractivity contribution in [2.24, 2.45) is 5.73 Å². The summed E-state index contributed by atoms with van der Waals surface area (Å²) in [6.45, 7) is 1.24. The van der Waals surface area contributed by atoms with E-state index >= 15 is 0 Å². The molecular formula is C19H19FN6S. The Morgan fingerprint density at radius 2 is 2.22 bits per heavy atom. The summed E-state index contributed by atoms with van der Waals surface area (Å²) >= 11 is 1.51. The Balaban J connectivity index is 1.61. The lowest BCUT2D eigenvalue weighted by molar-refractivity contribution is 0.286. The van der Waals surface area contributed by atoms with Crippen LogP contribution in [0.5, 0.6) is 0 Å². The fourth-order valence-corrected chi connectivity index (χ4v) is 4.12. The predicted octanol–water partition coefficient (Wildman–Crippen LogP) is 3.64. The van der Waals surface area contributed by atoms with Gasteiger partial charge in [-0.1, -0.05) is 0 Å². The normalized spacial score (nSPS) is 18.0. The highest BCUT2D eigenvalue weighted by Gasteiger charge is 2.20. The maximum atomic E-state index is 13.6. The minimum Gasteiger partial charge on any atom is -0.404 e. The SMILES string of the molecule is N=CC(=CN)c1cnc2nc(-c3ccc(N4CCC[C@@H](F)C4)nc3)sc2c1. The van der Waals surface area contributed by atoms with Crippen molar-refractivity contribution in [3.8, 4) is 10.6 Å². The number of rotatable bonds is 4. The number of hydrogen-bond donors (Lipinski definition) is 2. The zero-order valence-corrected chi connectivity index (χ0v) is 15.4. The Hall–Kier alpha value is -2.87. The number of thiazole rings is 1. The topological polar surface area (TPSA) is 91.8 Å². The lowest BCUT2D eigenvalue weighted by Crippen LogP contribution is -2.36. The van der Waals surface area contributed by atoms with E-state index in [1.54, 1.807) is 12.4 Å². The van der Waals surface area contributed by atoms with Crippen LogP contribution in [0, 0.1) is 5.41 Å². The first-order chi connectivity index (χ1) is 13.2. The monoisotopic (exact) mass is 382 g/mol. The maximum Gasteiger partial charge on any atom is 0.170 e. The Bertz CT molecular complexity index is 997. The van der Waals surface area contributed by atoms with E-state index in [9.17, 15) is 4.39 Å². The van der Waals surface area contributed by atoms with Gasteiger partial charge in [-0.05, 0) is 31.0 Å². The summed E-state index contributed by atoms with van der Waals surface area (Å²) in [7, 11) is 0. The molecule has 27 heavy (non-hydrogen) atoms. The molecule has 0 aromatic carbocycles. The summed E-state index contributed by atoms with van der Waals surface area (Å²) in [5.74, 6) is 0.798. The molecule has 0 unspecified atom stereocenters. The highest BCUT2D eigenvalue weighted by molar-refractivity contribution is 7.21. The van der Waals surface area contributed by atoms with Crippen molar-refractivity contribution in [3.05, 3.63) is 42.4 Å². The number of anilines is 1. The average molecular weight is 382 g/mol. The first-order valence-corrected chi connectivity index (χ1v) is 9.54. The van der Waals surface area contributed by atoms with Crippen LogP contribution >= 0.6 is 11.3 Å². The van der Waals surface area contributed by atoms with E-state index in [-0.39, 0.29) is 0 Å². The predicted molar refractivity (Wildman–Crippen MR) is 108 cm³/mol. The third-order valence-corrected chi connectivity index (χ3v) is 5.64. The molecule has 8 heteroatoms. The first-order valence-electron chi connectivity index (χ1n) is 8.72. The largest absolute Gasteiger partial charge is 0.404 e. The van der Waals surface area contributed by atoms with Crippen LogP contribution in [0.25, 0.3) is 26.5 Å². The van der Waals surface area contributed by atoms with Crippen LogP contribution in [0.15, 0.2) is 36.8 Å². The number of nitrogens with one attached hydrogen (secondary N) is 1. The Morgan fingerprint density at radius 1 is 1.33 bits per heavy atom. The second-order valence-corrected chi connectivity index (χ2v) is 7.45. The molecule has 1 atom stereocenters. The number of halogens is 1. The van der Waals surface area contributed by atoms with E-state index in [4.69, 9.17) is 11.1 Å². The van der Waals surface area contributed by atoms with Crippen LogP contribution in [0.1, 0.15) is 18.4 Å². The van der Waals surface area contributed by atoms with Crippen molar-refractivity contribution >= 4 is 39.3 Å². The molecule has 1 saturated heterocycles. The van der Waals surface area contributed by atoms with E-state index in [1.807, 2.05) is 23.1 Å². The Labute approximate surface area is 160 Å². The van der Waals surface area contributed by atoms with Gasteiger partial charge >= 0.3 is 0 Å². The number of alkyl halides is 1. The summed E-state index contributed by atoms with van der Waals surface area (Å²) in [5, 5.41) is 8.24.